The van der Waals surface area contributed by atoms with E-state index in [-0.39, 0.29) is 33.4 Å². The number of hydrogen-bond donors (Lipinski definition) is 3. The van der Waals surface area contributed by atoms with E-state index in [4.69, 9.17) is 29.6 Å². The highest BCUT2D eigenvalue weighted by Gasteiger charge is 2.24. The number of rotatable bonds is 6. The Labute approximate surface area is 133 Å². The van der Waals surface area contributed by atoms with Gasteiger partial charge in [-0.15, -0.1) is 0 Å². The fourth-order valence-electron chi connectivity index (χ4n) is 1.62. The standard InChI is InChI=1S/C12H14ClN3O3S2/c13-9-5-7(12(14)20)1-4-10(9)21(18,19)15-6-11(17)16-8-2-3-8/h1,4-5,8,15H,2-3,6H2,(H2,14,20)(H,16,17). The van der Waals surface area contributed by atoms with Crippen LogP contribution in [0.15, 0.2) is 23.1 Å². The second kappa shape index (κ2) is 6.27. The van der Waals surface area contributed by atoms with Crippen LogP contribution in [0, 0.1) is 0 Å². The van der Waals surface area contributed by atoms with Gasteiger partial charge in [-0.25, -0.2) is 13.1 Å². The third-order valence-electron chi connectivity index (χ3n) is 2.87. The molecule has 0 aromatic heterocycles. The fraction of sp³-hybridized carbons (Fsp3) is 0.333. The summed E-state index contributed by atoms with van der Waals surface area (Å²) >= 11 is 10.7. The van der Waals surface area contributed by atoms with Gasteiger partial charge in [0.15, 0.2) is 0 Å². The van der Waals surface area contributed by atoms with E-state index >= 15 is 0 Å². The van der Waals surface area contributed by atoms with Crippen molar-refractivity contribution in [3.63, 3.8) is 0 Å². The molecule has 0 spiro atoms. The monoisotopic (exact) mass is 347 g/mol. The Balaban J connectivity index is 2.07. The predicted molar refractivity (Wildman–Crippen MR) is 83.7 cm³/mol. The number of hydrogen-bond acceptors (Lipinski definition) is 4. The van der Waals surface area contributed by atoms with Crippen LogP contribution in [0.2, 0.25) is 5.02 Å². The van der Waals surface area contributed by atoms with Gasteiger partial charge in [-0.3, -0.25) is 4.79 Å². The summed E-state index contributed by atoms with van der Waals surface area (Å²) in [5.74, 6) is -0.364. The average molecular weight is 348 g/mol. The van der Waals surface area contributed by atoms with Gasteiger partial charge in [0.05, 0.1) is 11.6 Å². The predicted octanol–water partition coefficient (Wildman–Crippen LogP) is 0.531. The lowest BCUT2D eigenvalue weighted by atomic mass is 10.2. The fourth-order valence-corrected chi connectivity index (χ4v) is 3.27. The van der Waals surface area contributed by atoms with Crippen LogP contribution in [0.25, 0.3) is 0 Å². The van der Waals surface area contributed by atoms with Gasteiger partial charge < -0.3 is 11.1 Å². The summed E-state index contributed by atoms with van der Waals surface area (Å²) in [6.07, 6.45) is 1.87. The van der Waals surface area contributed by atoms with Crippen LogP contribution in [-0.2, 0) is 14.8 Å². The third kappa shape index (κ3) is 4.37. The van der Waals surface area contributed by atoms with Crippen molar-refractivity contribution in [1.29, 1.82) is 0 Å². The van der Waals surface area contributed by atoms with Crippen molar-refractivity contribution in [1.82, 2.24) is 10.0 Å². The normalized spacial score (nSPS) is 14.7. The molecule has 9 heteroatoms. The molecule has 0 radical (unpaired) electrons. The lowest BCUT2D eigenvalue weighted by Crippen LogP contribution is -2.37. The number of benzene rings is 1. The first kappa shape index (κ1) is 16.2. The molecular formula is C12H14ClN3O3S2. The second-order valence-corrected chi connectivity index (χ2v) is 7.26. The maximum absolute atomic E-state index is 12.1. The summed E-state index contributed by atoms with van der Waals surface area (Å²) in [4.78, 5) is 11.5. The zero-order chi connectivity index (χ0) is 15.6. The maximum atomic E-state index is 12.1. The summed E-state index contributed by atoms with van der Waals surface area (Å²) < 4.78 is 26.4. The van der Waals surface area contributed by atoms with Gasteiger partial charge in [0.25, 0.3) is 0 Å². The molecule has 0 bridgehead atoms. The van der Waals surface area contributed by atoms with Crippen LogP contribution in [0.5, 0.6) is 0 Å². The van der Waals surface area contributed by atoms with Gasteiger partial charge in [0, 0.05) is 11.6 Å². The number of sulfonamides is 1. The number of thiocarbonyl (C=S) groups is 1. The molecular weight excluding hydrogens is 334 g/mol. The van der Waals surface area contributed by atoms with E-state index in [0.29, 0.717) is 5.56 Å². The van der Waals surface area contributed by atoms with Gasteiger partial charge >= 0.3 is 0 Å². The van der Waals surface area contributed by atoms with E-state index in [1.54, 1.807) is 0 Å². The topological polar surface area (TPSA) is 101 Å². The summed E-state index contributed by atoms with van der Waals surface area (Å²) in [5, 5.41) is 2.68. The minimum atomic E-state index is -3.87. The number of halogens is 1. The molecule has 1 aromatic carbocycles. The van der Waals surface area contributed by atoms with Crippen molar-refractivity contribution in [2.24, 2.45) is 5.73 Å². The van der Waals surface area contributed by atoms with Gasteiger partial charge in [-0.05, 0) is 25.0 Å². The molecule has 1 aromatic rings. The zero-order valence-corrected chi connectivity index (χ0v) is 13.3. The van der Waals surface area contributed by atoms with Gasteiger partial charge in [0.1, 0.15) is 9.88 Å². The Morgan fingerprint density at radius 2 is 2.10 bits per heavy atom. The molecule has 0 heterocycles. The molecule has 114 valence electrons. The Morgan fingerprint density at radius 3 is 2.62 bits per heavy atom. The van der Waals surface area contributed by atoms with Crippen molar-refractivity contribution >= 4 is 44.7 Å². The average Bonchev–Trinajstić information content (AvgIpc) is 3.20. The molecule has 1 saturated carbocycles. The van der Waals surface area contributed by atoms with E-state index in [9.17, 15) is 13.2 Å². The summed E-state index contributed by atoms with van der Waals surface area (Å²) in [6, 6.07) is 4.32. The van der Waals surface area contributed by atoms with Crippen molar-refractivity contribution < 1.29 is 13.2 Å². The Bertz CT molecular complexity index is 687. The van der Waals surface area contributed by atoms with Crippen LogP contribution < -0.4 is 15.8 Å². The molecule has 1 amide bonds. The lowest BCUT2D eigenvalue weighted by molar-refractivity contribution is -0.120. The number of amides is 1. The smallest absolute Gasteiger partial charge is 0.242 e. The first-order chi connectivity index (χ1) is 9.79. The van der Waals surface area contributed by atoms with E-state index in [2.05, 4.69) is 10.0 Å². The molecule has 1 aliphatic rings. The van der Waals surface area contributed by atoms with Crippen LogP contribution >= 0.6 is 23.8 Å². The Kier molecular flexibility index (Phi) is 4.82. The van der Waals surface area contributed by atoms with Gasteiger partial charge in [0.2, 0.25) is 15.9 Å². The van der Waals surface area contributed by atoms with E-state index < -0.39 is 10.0 Å². The maximum Gasteiger partial charge on any atom is 0.242 e. The molecule has 0 unspecified atom stereocenters. The minimum absolute atomic E-state index is 0.00426. The van der Waals surface area contributed by atoms with Gasteiger partial charge in [-0.1, -0.05) is 29.9 Å². The molecule has 6 nitrogen and oxygen atoms in total. The van der Waals surface area contributed by atoms with Crippen LogP contribution in [0.4, 0.5) is 0 Å². The molecule has 2 rings (SSSR count). The zero-order valence-electron chi connectivity index (χ0n) is 10.9. The molecule has 21 heavy (non-hydrogen) atoms. The first-order valence-electron chi connectivity index (χ1n) is 6.18. The summed E-state index contributed by atoms with van der Waals surface area (Å²) in [5.41, 5.74) is 5.92. The third-order valence-corrected chi connectivity index (χ3v) is 4.99. The molecule has 0 aliphatic heterocycles. The number of carbonyl (C=O) groups excluding carboxylic acids is 1. The van der Waals surface area contributed by atoms with Crippen molar-refractivity contribution in [3.8, 4) is 0 Å². The molecule has 0 atom stereocenters. The highest BCUT2D eigenvalue weighted by molar-refractivity contribution is 7.89. The first-order valence-corrected chi connectivity index (χ1v) is 8.45. The highest BCUT2D eigenvalue weighted by atomic mass is 35.5. The van der Waals surface area contributed by atoms with Gasteiger partial charge in [-0.2, -0.15) is 0 Å². The second-order valence-electron chi connectivity index (χ2n) is 4.68. The molecule has 4 N–H and O–H groups in total. The van der Waals surface area contributed by atoms with E-state index in [1.165, 1.54) is 18.2 Å². The number of nitrogens with one attached hydrogen (secondary N) is 2. The molecule has 1 fully saturated rings. The Morgan fingerprint density at radius 1 is 1.43 bits per heavy atom. The quantitative estimate of drug-likeness (QED) is 0.652. The van der Waals surface area contributed by atoms with Crippen molar-refractivity contribution in [2.75, 3.05) is 6.54 Å². The molecule has 1 aliphatic carbocycles. The largest absolute Gasteiger partial charge is 0.389 e. The van der Waals surface area contributed by atoms with Crippen LogP contribution in [0.3, 0.4) is 0 Å². The van der Waals surface area contributed by atoms with Crippen molar-refractivity contribution in [3.05, 3.63) is 28.8 Å². The summed E-state index contributed by atoms with van der Waals surface area (Å²) in [6.45, 7) is -0.327. The van der Waals surface area contributed by atoms with Crippen molar-refractivity contribution in [2.45, 2.75) is 23.8 Å². The summed E-state index contributed by atoms with van der Waals surface area (Å²) in [7, 11) is -3.87. The number of nitrogens with two attached hydrogens (primary N) is 1. The SMILES string of the molecule is NC(=S)c1ccc(S(=O)(=O)NCC(=O)NC2CC2)c(Cl)c1. The molecule has 0 saturated heterocycles. The minimum Gasteiger partial charge on any atom is -0.389 e. The highest BCUT2D eigenvalue weighted by Crippen LogP contribution is 2.22. The lowest BCUT2D eigenvalue weighted by Gasteiger charge is -2.09. The number of carbonyl (C=O) groups is 1. The van der Waals surface area contributed by atoms with E-state index in [0.717, 1.165) is 12.8 Å². The Hall–Kier alpha value is -1.22. The van der Waals surface area contributed by atoms with E-state index in [1.807, 2.05) is 0 Å². The van der Waals surface area contributed by atoms with Crippen LogP contribution in [0.1, 0.15) is 18.4 Å². The van der Waals surface area contributed by atoms with Crippen LogP contribution in [-0.4, -0.2) is 31.9 Å².